The van der Waals surface area contributed by atoms with E-state index in [1.807, 2.05) is 26.0 Å². The van der Waals surface area contributed by atoms with Gasteiger partial charge in [-0.25, -0.2) is 9.98 Å². The third kappa shape index (κ3) is 4.88. The molecule has 7 nitrogen and oxygen atoms in total. The number of nitriles is 1. The lowest BCUT2D eigenvalue weighted by Crippen LogP contribution is -2.36. The van der Waals surface area contributed by atoms with Crippen molar-refractivity contribution in [2.45, 2.75) is 24.9 Å². The van der Waals surface area contributed by atoms with Gasteiger partial charge in [-0.15, -0.1) is 0 Å². The van der Waals surface area contributed by atoms with E-state index in [2.05, 4.69) is 21.3 Å². The Kier molecular flexibility index (Phi) is 6.29. The van der Waals surface area contributed by atoms with Crippen LogP contribution >= 0.6 is 23.4 Å². The van der Waals surface area contributed by atoms with E-state index in [0.29, 0.717) is 21.3 Å². The molecule has 0 amide bonds. The number of hydrogen-bond acceptors (Lipinski definition) is 7. The molecule has 0 bridgehead atoms. The summed E-state index contributed by atoms with van der Waals surface area (Å²) in [7, 11) is 0. The largest absolute Gasteiger partial charge is 0.861 e. The Labute approximate surface area is 171 Å². The predicted octanol–water partition coefficient (Wildman–Crippen LogP) is 3.31. The number of halogens is 1. The summed E-state index contributed by atoms with van der Waals surface area (Å²) < 4.78 is 6.59. The van der Waals surface area contributed by atoms with Crippen LogP contribution in [0.5, 0.6) is 0 Å². The molecule has 0 N–H and O–H groups in total. The number of aliphatic imine (C=N–C) groups is 1. The number of aromatic nitrogens is 3. The minimum Gasteiger partial charge on any atom is -0.861 e. The SMILES string of the molecule is CC(C)[n+]1cc(/N=C(\[O-])CSc2nc(-c3ccc(Cl)cc3)ccc2C#N)on1. The molecule has 0 radical (unpaired) electrons. The fraction of sp³-hybridized carbons (Fsp3) is 0.211. The Morgan fingerprint density at radius 1 is 1.32 bits per heavy atom. The van der Waals surface area contributed by atoms with E-state index in [0.717, 1.165) is 17.3 Å². The van der Waals surface area contributed by atoms with Crippen LogP contribution in [0.2, 0.25) is 5.02 Å². The van der Waals surface area contributed by atoms with Crippen molar-refractivity contribution in [3.8, 4) is 17.3 Å². The highest BCUT2D eigenvalue weighted by atomic mass is 35.5. The normalized spacial score (nSPS) is 11.6. The zero-order valence-electron chi connectivity index (χ0n) is 15.2. The van der Waals surface area contributed by atoms with Crippen molar-refractivity contribution in [1.29, 1.82) is 5.26 Å². The van der Waals surface area contributed by atoms with E-state index in [-0.39, 0.29) is 17.7 Å². The molecule has 28 heavy (non-hydrogen) atoms. The van der Waals surface area contributed by atoms with Gasteiger partial charge in [0.05, 0.1) is 11.3 Å². The van der Waals surface area contributed by atoms with Gasteiger partial charge in [-0.1, -0.05) is 35.5 Å². The lowest BCUT2D eigenvalue weighted by Gasteiger charge is -2.10. The maximum absolute atomic E-state index is 12.1. The molecule has 0 aliphatic carbocycles. The summed E-state index contributed by atoms with van der Waals surface area (Å²) in [5.74, 6) is -0.240. The minimum atomic E-state index is -0.403. The van der Waals surface area contributed by atoms with Gasteiger partial charge in [0, 0.05) is 16.3 Å². The second-order valence-corrected chi connectivity index (χ2v) is 7.48. The van der Waals surface area contributed by atoms with Crippen molar-refractivity contribution in [2.24, 2.45) is 4.99 Å². The van der Waals surface area contributed by atoms with Crippen molar-refractivity contribution in [3.05, 3.63) is 53.2 Å². The number of pyridine rings is 1. The van der Waals surface area contributed by atoms with E-state index >= 15 is 0 Å². The maximum atomic E-state index is 12.1. The molecule has 0 saturated carbocycles. The fourth-order valence-electron chi connectivity index (χ4n) is 2.24. The van der Waals surface area contributed by atoms with Gasteiger partial charge in [-0.3, -0.25) is 4.52 Å². The van der Waals surface area contributed by atoms with Gasteiger partial charge in [-0.05, 0) is 48.7 Å². The monoisotopic (exact) mass is 413 g/mol. The Hall–Kier alpha value is -2.89. The van der Waals surface area contributed by atoms with E-state index in [1.54, 1.807) is 35.1 Å². The number of nitrogens with zero attached hydrogens (tertiary/aromatic N) is 5. The maximum Gasteiger partial charge on any atom is 0.320 e. The van der Waals surface area contributed by atoms with Gasteiger partial charge >= 0.3 is 5.88 Å². The van der Waals surface area contributed by atoms with Crippen molar-refractivity contribution < 1.29 is 14.3 Å². The van der Waals surface area contributed by atoms with Crippen LogP contribution in [-0.2, 0) is 0 Å². The summed E-state index contributed by atoms with van der Waals surface area (Å²) in [6.45, 7) is 3.87. The molecular weight excluding hydrogens is 398 g/mol. The first-order chi connectivity index (χ1) is 13.5. The molecule has 0 aliphatic rings. The topological polar surface area (TPSA) is 102 Å². The summed E-state index contributed by atoms with van der Waals surface area (Å²) in [6.07, 6.45) is 1.56. The third-order valence-electron chi connectivity index (χ3n) is 3.69. The quantitative estimate of drug-likeness (QED) is 0.266. The molecule has 3 rings (SSSR count). The molecule has 0 fully saturated rings. The highest BCUT2D eigenvalue weighted by Crippen LogP contribution is 2.26. The van der Waals surface area contributed by atoms with Crippen molar-refractivity contribution in [3.63, 3.8) is 0 Å². The first kappa shape index (κ1) is 19.9. The molecule has 9 heteroatoms. The second kappa shape index (κ2) is 8.87. The number of hydrogen-bond donors (Lipinski definition) is 0. The van der Waals surface area contributed by atoms with Gasteiger partial charge in [0.25, 0.3) is 6.20 Å². The number of benzene rings is 1. The Morgan fingerprint density at radius 3 is 2.71 bits per heavy atom. The summed E-state index contributed by atoms with van der Waals surface area (Å²) in [5, 5.41) is 26.3. The highest BCUT2D eigenvalue weighted by Gasteiger charge is 2.14. The molecule has 0 spiro atoms. The fourth-order valence-corrected chi connectivity index (χ4v) is 3.13. The van der Waals surface area contributed by atoms with Gasteiger partial charge in [-0.2, -0.15) is 5.26 Å². The van der Waals surface area contributed by atoms with Crippen LogP contribution in [0.15, 0.2) is 57.1 Å². The molecule has 0 atom stereocenters. The van der Waals surface area contributed by atoms with Crippen LogP contribution in [-0.4, -0.2) is 21.9 Å². The molecule has 2 aromatic heterocycles. The average molecular weight is 414 g/mol. The van der Waals surface area contributed by atoms with Crippen LogP contribution in [0.4, 0.5) is 5.88 Å². The van der Waals surface area contributed by atoms with E-state index < -0.39 is 5.90 Å². The van der Waals surface area contributed by atoms with Crippen LogP contribution < -0.4 is 9.79 Å². The van der Waals surface area contributed by atoms with Crippen molar-refractivity contribution in [1.82, 2.24) is 10.3 Å². The Balaban J connectivity index is 1.77. The number of thioether (sulfide) groups is 1. The van der Waals surface area contributed by atoms with Gasteiger partial charge in [0.15, 0.2) is 6.04 Å². The highest BCUT2D eigenvalue weighted by molar-refractivity contribution is 7.99. The van der Waals surface area contributed by atoms with Crippen LogP contribution in [0.3, 0.4) is 0 Å². The second-order valence-electron chi connectivity index (χ2n) is 6.08. The predicted molar refractivity (Wildman–Crippen MR) is 104 cm³/mol. The van der Waals surface area contributed by atoms with Gasteiger partial charge < -0.3 is 5.11 Å². The third-order valence-corrected chi connectivity index (χ3v) is 4.92. The standard InChI is InChI=1S/C19H16ClN5O2S/c1-12(2)25-10-18(27-24-25)23-17(26)11-28-19-14(9-21)5-8-16(22-19)13-3-6-15(20)7-4-13/h3-8,10,12H,11H2,1-2H3. The van der Waals surface area contributed by atoms with Crippen LogP contribution in [0.1, 0.15) is 25.5 Å². The number of rotatable bonds is 6. The molecule has 0 unspecified atom stereocenters. The summed E-state index contributed by atoms with van der Waals surface area (Å²) >= 11 is 7.07. The van der Waals surface area contributed by atoms with Crippen LogP contribution in [0, 0.1) is 11.3 Å². The zero-order chi connectivity index (χ0) is 20.1. The Bertz CT molecular complexity index is 1040. The minimum absolute atomic E-state index is 0.0220. The molecular formula is C19H16ClN5O2S. The van der Waals surface area contributed by atoms with Gasteiger partial charge in [0.1, 0.15) is 11.1 Å². The summed E-state index contributed by atoms with van der Waals surface area (Å²) in [6, 6.07) is 12.9. The van der Waals surface area contributed by atoms with E-state index in [1.165, 1.54) is 0 Å². The van der Waals surface area contributed by atoms with E-state index in [9.17, 15) is 10.4 Å². The molecule has 0 aliphatic heterocycles. The molecule has 2 heterocycles. The summed E-state index contributed by atoms with van der Waals surface area (Å²) in [4.78, 5) is 8.40. The van der Waals surface area contributed by atoms with Crippen molar-refractivity contribution in [2.75, 3.05) is 5.75 Å². The molecule has 1 aromatic carbocycles. The Morgan fingerprint density at radius 2 is 2.07 bits per heavy atom. The lowest BCUT2D eigenvalue weighted by molar-refractivity contribution is -0.779. The lowest BCUT2D eigenvalue weighted by atomic mass is 10.1. The first-order valence-electron chi connectivity index (χ1n) is 8.39. The van der Waals surface area contributed by atoms with Crippen molar-refractivity contribution >= 4 is 35.1 Å². The van der Waals surface area contributed by atoms with E-state index in [4.69, 9.17) is 16.1 Å². The summed E-state index contributed by atoms with van der Waals surface area (Å²) in [5.41, 5.74) is 1.95. The van der Waals surface area contributed by atoms with Gasteiger partial charge in [0.2, 0.25) is 5.27 Å². The van der Waals surface area contributed by atoms with Crippen LogP contribution in [0.25, 0.3) is 11.3 Å². The average Bonchev–Trinajstić information content (AvgIpc) is 3.15. The first-order valence-corrected chi connectivity index (χ1v) is 9.75. The molecule has 142 valence electrons. The molecule has 3 aromatic rings. The molecule has 0 saturated heterocycles. The smallest absolute Gasteiger partial charge is 0.320 e. The zero-order valence-corrected chi connectivity index (χ0v) is 16.7.